The number of aromatic nitrogens is 2. The van der Waals surface area contributed by atoms with Gasteiger partial charge in [0.2, 0.25) is 0 Å². The van der Waals surface area contributed by atoms with Crippen LogP contribution < -0.4 is 10.6 Å². The normalized spacial score (nSPS) is 10.7. The van der Waals surface area contributed by atoms with E-state index < -0.39 is 0 Å². The molecular formula is C14H20N4. The summed E-state index contributed by atoms with van der Waals surface area (Å²) < 4.78 is 1.95. The molecule has 1 aromatic carbocycles. The van der Waals surface area contributed by atoms with Crippen molar-refractivity contribution in [1.82, 2.24) is 9.55 Å². The van der Waals surface area contributed by atoms with Crippen LogP contribution in [0, 0.1) is 0 Å². The van der Waals surface area contributed by atoms with Gasteiger partial charge in [-0.15, -0.1) is 0 Å². The Balaban J connectivity index is 2.42. The van der Waals surface area contributed by atoms with Crippen LogP contribution in [0.4, 0.5) is 11.5 Å². The van der Waals surface area contributed by atoms with E-state index in [0.717, 1.165) is 29.3 Å². The highest BCUT2D eigenvalue weighted by Gasteiger charge is 2.12. The fourth-order valence-electron chi connectivity index (χ4n) is 2.01. The van der Waals surface area contributed by atoms with Crippen LogP contribution >= 0.6 is 0 Å². The molecule has 2 rings (SSSR count). The molecule has 2 aromatic rings. The highest BCUT2D eigenvalue weighted by Crippen LogP contribution is 2.27. The molecule has 1 aromatic heterocycles. The van der Waals surface area contributed by atoms with Crippen molar-refractivity contribution in [2.75, 3.05) is 24.7 Å². The number of benzene rings is 1. The Morgan fingerprint density at radius 3 is 2.28 bits per heavy atom. The third-order valence-electron chi connectivity index (χ3n) is 3.21. The van der Waals surface area contributed by atoms with Gasteiger partial charge >= 0.3 is 0 Å². The van der Waals surface area contributed by atoms with E-state index in [1.54, 1.807) is 0 Å². The zero-order valence-electron chi connectivity index (χ0n) is 11.4. The second-order valence-corrected chi connectivity index (χ2v) is 4.62. The summed E-state index contributed by atoms with van der Waals surface area (Å²) in [5.74, 6) is 1.74. The minimum Gasteiger partial charge on any atom is -0.383 e. The molecule has 0 saturated heterocycles. The predicted molar refractivity (Wildman–Crippen MR) is 76.8 cm³/mol. The van der Waals surface area contributed by atoms with Gasteiger partial charge in [-0.2, -0.15) is 0 Å². The molecule has 4 nitrogen and oxygen atoms in total. The van der Waals surface area contributed by atoms with Crippen LogP contribution in [-0.4, -0.2) is 23.6 Å². The molecule has 2 N–H and O–H groups in total. The summed E-state index contributed by atoms with van der Waals surface area (Å²) in [6.45, 7) is 2.08. The van der Waals surface area contributed by atoms with Gasteiger partial charge in [0, 0.05) is 38.8 Å². The van der Waals surface area contributed by atoms with Gasteiger partial charge in [0.1, 0.15) is 17.3 Å². The smallest absolute Gasteiger partial charge is 0.131 e. The molecule has 0 atom stereocenters. The van der Waals surface area contributed by atoms with Gasteiger partial charge in [-0.3, -0.25) is 0 Å². The second kappa shape index (κ2) is 4.72. The lowest BCUT2D eigenvalue weighted by molar-refractivity contribution is 0.816. The summed E-state index contributed by atoms with van der Waals surface area (Å²) in [6.07, 6.45) is 0.885. The summed E-state index contributed by atoms with van der Waals surface area (Å²) in [7, 11) is 6.01. The van der Waals surface area contributed by atoms with E-state index >= 15 is 0 Å². The van der Waals surface area contributed by atoms with Crippen LogP contribution in [0.5, 0.6) is 0 Å². The standard InChI is InChI=1S/C14H20N4/c1-5-12-16-13(14(15)18(12)4)10-6-8-11(9-7-10)17(2)3/h6-9H,5,15H2,1-4H3. The topological polar surface area (TPSA) is 47.1 Å². The molecule has 0 aliphatic heterocycles. The Bertz CT molecular complexity index is 538. The van der Waals surface area contributed by atoms with Gasteiger partial charge in [0.15, 0.2) is 0 Å². The number of aryl methyl sites for hydroxylation is 1. The fourth-order valence-corrected chi connectivity index (χ4v) is 2.01. The molecule has 18 heavy (non-hydrogen) atoms. The Labute approximate surface area is 108 Å². The average molecular weight is 244 g/mol. The SMILES string of the molecule is CCc1nc(-c2ccc(N(C)C)cc2)c(N)n1C. The number of rotatable bonds is 3. The first kappa shape index (κ1) is 12.5. The minimum atomic E-state index is 0.726. The first-order chi connectivity index (χ1) is 8.54. The quantitative estimate of drug-likeness (QED) is 0.901. The molecule has 0 amide bonds. The molecule has 0 aliphatic carbocycles. The number of nitrogens with two attached hydrogens (primary N) is 1. The van der Waals surface area contributed by atoms with E-state index in [9.17, 15) is 0 Å². The van der Waals surface area contributed by atoms with Gasteiger partial charge in [-0.25, -0.2) is 4.98 Å². The molecule has 0 saturated carbocycles. The molecule has 0 fully saturated rings. The van der Waals surface area contributed by atoms with Crippen LogP contribution in [0.25, 0.3) is 11.3 Å². The maximum absolute atomic E-state index is 6.10. The van der Waals surface area contributed by atoms with Gasteiger partial charge in [0.25, 0.3) is 0 Å². The third kappa shape index (κ3) is 2.06. The molecule has 0 aliphatic rings. The van der Waals surface area contributed by atoms with Crippen molar-refractivity contribution in [3.63, 3.8) is 0 Å². The van der Waals surface area contributed by atoms with Crippen molar-refractivity contribution in [2.24, 2.45) is 7.05 Å². The zero-order chi connectivity index (χ0) is 13.3. The Morgan fingerprint density at radius 2 is 1.83 bits per heavy atom. The summed E-state index contributed by atoms with van der Waals surface area (Å²) >= 11 is 0. The maximum Gasteiger partial charge on any atom is 0.131 e. The van der Waals surface area contributed by atoms with Crippen LogP contribution in [0.2, 0.25) is 0 Å². The van der Waals surface area contributed by atoms with E-state index in [0.29, 0.717) is 0 Å². The lowest BCUT2D eigenvalue weighted by atomic mass is 10.1. The molecule has 0 bridgehead atoms. The second-order valence-electron chi connectivity index (χ2n) is 4.62. The van der Waals surface area contributed by atoms with Crippen molar-refractivity contribution in [2.45, 2.75) is 13.3 Å². The first-order valence-electron chi connectivity index (χ1n) is 6.13. The largest absolute Gasteiger partial charge is 0.383 e. The third-order valence-corrected chi connectivity index (χ3v) is 3.21. The first-order valence-corrected chi connectivity index (χ1v) is 6.13. The molecule has 0 radical (unpaired) electrons. The highest BCUT2D eigenvalue weighted by molar-refractivity contribution is 5.72. The average Bonchev–Trinajstić information content (AvgIpc) is 2.66. The lowest BCUT2D eigenvalue weighted by Gasteiger charge is -2.12. The number of hydrogen-bond acceptors (Lipinski definition) is 3. The zero-order valence-corrected chi connectivity index (χ0v) is 11.4. The maximum atomic E-state index is 6.10. The van der Waals surface area contributed by atoms with Gasteiger partial charge in [-0.05, 0) is 12.1 Å². The van der Waals surface area contributed by atoms with Crippen LogP contribution in [-0.2, 0) is 13.5 Å². The van der Waals surface area contributed by atoms with E-state index in [1.807, 2.05) is 25.7 Å². The Morgan fingerprint density at radius 1 is 1.22 bits per heavy atom. The molecule has 4 heteroatoms. The van der Waals surface area contributed by atoms with E-state index in [-0.39, 0.29) is 0 Å². The van der Waals surface area contributed by atoms with E-state index in [1.165, 1.54) is 5.69 Å². The van der Waals surface area contributed by atoms with E-state index in [2.05, 4.69) is 41.1 Å². The summed E-state index contributed by atoms with van der Waals surface area (Å²) in [5, 5.41) is 0. The van der Waals surface area contributed by atoms with Crippen molar-refractivity contribution < 1.29 is 0 Å². The molecular weight excluding hydrogens is 224 g/mol. The van der Waals surface area contributed by atoms with Crippen molar-refractivity contribution >= 4 is 11.5 Å². The van der Waals surface area contributed by atoms with Crippen LogP contribution in [0.1, 0.15) is 12.7 Å². The van der Waals surface area contributed by atoms with E-state index in [4.69, 9.17) is 5.73 Å². The number of hydrogen-bond donors (Lipinski definition) is 1. The Hall–Kier alpha value is -1.97. The van der Waals surface area contributed by atoms with Gasteiger partial charge in [0.05, 0.1) is 0 Å². The number of nitrogen functional groups attached to an aromatic ring is 1. The lowest BCUT2D eigenvalue weighted by Crippen LogP contribution is -2.07. The Kier molecular flexibility index (Phi) is 3.28. The minimum absolute atomic E-state index is 0.726. The molecule has 1 heterocycles. The number of anilines is 2. The molecule has 0 spiro atoms. The molecule has 0 unspecified atom stereocenters. The van der Waals surface area contributed by atoms with Crippen molar-refractivity contribution in [1.29, 1.82) is 0 Å². The summed E-state index contributed by atoms with van der Waals surface area (Å²) in [5.41, 5.74) is 9.21. The predicted octanol–water partition coefficient (Wildman–Crippen LogP) is 2.30. The van der Waals surface area contributed by atoms with Crippen molar-refractivity contribution in [3.8, 4) is 11.3 Å². The fraction of sp³-hybridized carbons (Fsp3) is 0.357. The monoisotopic (exact) mass is 244 g/mol. The van der Waals surface area contributed by atoms with Gasteiger partial charge < -0.3 is 15.2 Å². The van der Waals surface area contributed by atoms with Gasteiger partial charge in [-0.1, -0.05) is 19.1 Å². The highest BCUT2D eigenvalue weighted by atomic mass is 15.1. The van der Waals surface area contributed by atoms with Crippen LogP contribution in [0.15, 0.2) is 24.3 Å². The summed E-state index contributed by atoms with van der Waals surface area (Å²) in [4.78, 5) is 6.67. The van der Waals surface area contributed by atoms with Crippen LogP contribution in [0.3, 0.4) is 0 Å². The number of imidazole rings is 1. The summed E-state index contributed by atoms with van der Waals surface area (Å²) in [6, 6.07) is 8.28. The molecule has 96 valence electrons. The van der Waals surface area contributed by atoms with Crippen molar-refractivity contribution in [3.05, 3.63) is 30.1 Å². The number of nitrogens with zero attached hydrogens (tertiary/aromatic N) is 3.